The van der Waals surface area contributed by atoms with Crippen LogP contribution in [0.5, 0.6) is 5.75 Å². The third kappa shape index (κ3) is 30.4. The summed E-state index contributed by atoms with van der Waals surface area (Å²) >= 11 is 0. The summed E-state index contributed by atoms with van der Waals surface area (Å²) in [6, 6.07) is 6.93. The van der Waals surface area contributed by atoms with E-state index in [4.69, 9.17) is 56.8 Å². The summed E-state index contributed by atoms with van der Waals surface area (Å²) in [5, 5.41) is 0. The number of carbonyl (C=O) groups excluding carboxylic acids is 1. The van der Waals surface area contributed by atoms with Crippen LogP contribution in [-0.2, 0) is 52.1 Å². The highest BCUT2D eigenvalue weighted by Gasteiger charge is 1.98. The van der Waals surface area contributed by atoms with E-state index >= 15 is 0 Å². The molecule has 0 fully saturated rings. The van der Waals surface area contributed by atoms with Gasteiger partial charge in [0, 0.05) is 5.56 Å². The molecule has 0 heterocycles. The van der Waals surface area contributed by atoms with Crippen LogP contribution in [0.25, 0.3) is 0 Å². The molecule has 0 aliphatic rings. The summed E-state index contributed by atoms with van der Waals surface area (Å²) in [4.78, 5) is 10.6. The SMILES string of the molecule is C=CCOCCOCCOCCOCCOCCOCCOCCOCCOCCOCCOCCOc1ccc(C=O)cc1. The van der Waals surface area contributed by atoms with Crippen molar-refractivity contribution in [2.45, 2.75) is 0 Å². The maximum absolute atomic E-state index is 10.6. The Bertz CT molecular complexity index is 751. The van der Waals surface area contributed by atoms with Crippen molar-refractivity contribution in [1.82, 2.24) is 0 Å². The number of carbonyl (C=O) groups is 1. The lowest BCUT2D eigenvalue weighted by molar-refractivity contribution is -0.0275. The molecule has 45 heavy (non-hydrogen) atoms. The van der Waals surface area contributed by atoms with Crippen LogP contribution in [0, 0.1) is 0 Å². The van der Waals surface area contributed by atoms with Gasteiger partial charge in [-0.3, -0.25) is 4.79 Å². The van der Waals surface area contributed by atoms with Crippen LogP contribution in [0.4, 0.5) is 0 Å². The highest BCUT2D eigenvalue weighted by Crippen LogP contribution is 2.10. The fraction of sp³-hybridized carbons (Fsp3) is 0.719. The molecule has 0 atom stereocenters. The van der Waals surface area contributed by atoms with Crippen molar-refractivity contribution >= 4 is 6.29 Å². The number of aldehydes is 1. The Morgan fingerprint density at radius 2 is 0.667 bits per heavy atom. The predicted octanol–water partition coefficient (Wildman–Crippen LogP) is 2.25. The molecule has 0 saturated heterocycles. The van der Waals surface area contributed by atoms with Gasteiger partial charge in [-0.05, 0) is 24.3 Å². The van der Waals surface area contributed by atoms with E-state index in [0.717, 1.165) is 6.29 Å². The summed E-state index contributed by atoms with van der Waals surface area (Å²) in [5.74, 6) is 0.704. The highest BCUT2D eigenvalue weighted by atomic mass is 16.6. The molecule has 13 heteroatoms. The lowest BCUT2D eigenvalue weighted by atomic mass is 10.2. The lowest BCUT2D eigenvalue weighted by Crippen LogP contribution is -2.15. The summed E-state index contributed by atoms with van der Waals surface area (Å²) in [6.45, 7) is 15.2. The van der Waals surface area contributed by atoms with Gasteiger partial charge in [0.05, 0.1) is 145 Å². The van der Waals surface area contributed by atoms with Crippen LogP contribution in [-0.4, -0.2) is 158 Å². The van der Waals surface area contributed by atoms with E-state index < -0.39 is 0 Å². The van der Waals surface area contributed by atoms with Gasteiger partial charge in [0.25, 0.3) is 0 Å². The Labute approximate surface area is 268 Å². The summed E-state index contributed by atoms with van der Waals surface area (Å²) in [6.07, 6.45) is 2.51. The maximum atomic E-state index is 10.6. The Morgan fingerprint density at radius 3 is 0.933 bits per heavy atom. The first-order chi connectivity index (χ1) is 22.4. The molecular formula is C32H54O13. The predicted molar refractivity (Wildman–Crippen MR) is 167 cm³/mol. The molecule has 1 aromatic carbocycles. The number of hydrogen-bond donors (Lipinski definition) is 0. The zero-order chi connectivity index (χ0) is 32.1. The van der Waals surface area contributed by atoms with Crippen molar-refractivity contribution in [1.29, 1.82) is 0 Å². The third-order valence-corrected chi connectivity index (χ3v) is 5.47. The average Bonchev–Trinajstić information content (AvgIpc) is 3.06. The smallest absolute Gasteiger partial charge is 0.150 e. The molecule has 0 spiro atoms. The van der Waals surface area contributed by atoms with Crippen molar-refractivity contribution in [3.63, 3.8) is 0 Å². The first-order valence-electron chi connectivity index (χ1n) is 15.5. The minimum atomic E-state index is 0.430. The van der Waals surface area contributed by atoms with E-state index in [1.807, 2.05) is 0 Å². The van der Waals surface area contributed by atoms with E-state index in [0.29, 0.717) is 163 Å². The molecule has 1 rings (SSSR count). The van der Waals surface area contributed by atoms with Gasteiger partial charge in [0.15, 0.2) is 0 Å². The fourth-order valence-corrected chi connectivity index (χ4v) is 3.23. The van der Waals surface area contributed by atoms with Crippen molar-refractivity contribution in [2.24, 2.45) is 0 Å². The van der Waals surface area contributed by atoms with Crippen LogP contribution < -0.4 is 4.74 Å². The minimum Gasteiger partial charge on any atom is -0.491 e. The van der Waals surface area contributed by atoms with Crippen molar-refractivity contribution in [3.05, 3.63) is 42.5 Å². The molecule has 1 aromatic rings. The fourth-order valence-electron chi connectivity index (χ4n) is 3.23. The second kappa shape index (κ2) is 34.9. The maximum Gasteiger partial charge on any atom is 0.150 e. The van der Waals surface area contributed by atoms with Gasteiger partial charge in [-0.25, -0.2) is 0 Å². The molecule has 0 saturated carbocycles. The molecule has 0 unspecified atom stereocenters. The zero-order valence-corrected chi connectivity index (χ0v) is 26.7. The van der Waals surface area contributed by atoms with Crippen LogP contribution in [0.3, 0.4) is 0 Å². The van der Waals surface area contributed by atoms with E-state index in [9.17, 15) is 4.79 Å². The van der Waals surface area contributed by atoms with Gasteiger partial charge in [-0.2, -0.15) is 0 Å². The second-order valence-corrected chi connectivity index (χ2v) is 9.02. The van der Waals surface area contributed by atoms with E-state index in [-0.39, 0.29) is 0 Å². The van der Waals surface area contributed by atoms with Crippen molar-refractivity contribution < 1.29 is 61.6 Å². The van der Waals surface area contributed by atoms with Crippen LogP contribution in [0.1, 0.15) is 10.4 Å². The van der Waals surface area contributed by atoms with Crippen molar-refractivity contribution in [3.8, 4) is 5.75 Å². The van der Waals surface area contributed by atoms with Crippen molar-refractivity contribution in [2.75, 3.05) is 152 Å². The van der Waals surface area contributed by atoms with Gasteiger partial charge in [-0.15, -0.1) is 6.58 Å². The Morgan fingerprint density at radius 1 is 0.400 bits per heavy atom. The zero-order valence-electron chi connectivity index (χ0n) is 26.7. The van der Waals surface area contributed by atoms with E-state index in [1.165, 1.54) is 0 Å². The summed E-state index contributed by atoms with van der Waals surface area (Å²) < 4.78 is 65.2. The average molecular weight is 647 g/mol. The minimum absolute atomic E-state index is 0.430. The largest absolute Gasteiger partial charge is 0.491 e. The third-order valence-electron chi connectivity index (χ3n) is 5.47. The van der Waals surface area contributed by atoms with Gasteiger partial charge in [0.1, 0.15) is 18.6 Å². The quantitative estimate of drug-likeness (QED) is 0.0596. The van der Waals surface area contributed by atoms with Crippen LogP contribution in [0.2, 0.25) is 0 Å². The molecular weight excluding hydrogens is 592 g/mol. The second-order valence-electron chi connectivity index (χ2n) is 9.02. The van der Waals surface area contributed by atoms with Crippen LogP contribution in [0.15, 0.2) is 36.9 Å². The number of hydrogen-bond acceptors (Lipinski definition) is 13. The number of benzene rings is 1. The Balaban J connectivity index is 1.64. The van der Waals surface area contributed by atoms with Crippen LogP contribution >= 0.6 is 0 Å². The molecule has 0 aliphatic carbocycles. The molecule has 0 amide bonds. The van der Waals surface area contributed by atoms with Gasteiger partial charge in [0.2, 0.25) is 0 Å². The number of rotatable bonds is 37. The first kappa shape index (κ1) is 41.0. The van der Waals surface area contributed by atoms with Gasteiger partial charge < -0.3 is 56.8 Å². The van der Waals surface area contributed by atoms with Gasteiger partial charge >= 0.3 is 0 Å². The normalized spacial score (nSPS) is 11.2. The molecule has 260 valence electrons. The van der Waals surface area contributed by atoms with Gasteiger partial charge in [-0.1, -0.05) is 6.08 Å². The molecule has 0 radical (unpaired) electrons. The monoisotopic (exact) mass is 646 g/mol. The molecule has 0 aromatic heterocycles. The topological polar surface area (TPSA) is 128 Å². The molecule has 0 aliphatic heterocycles. The van der Waals surface area contributed by atoms with E-state index in [1.54, 1.807) is 30.3 Å². The standard InChI is InChI=1S/C32H54O13/c1-2-7-34-8-9-35-10-11-36-12-13-37-14-15-38-16-17-39-18-19-40-20-21-41-22-23-42-24-25-43-26-27-44-28-29-45-32-5-3-31(30-33)4-6-32/h2-6,30H,1,7-29H2. The summed E-state index contributed by atoms with van der Waals surface area (Å²) in [7, 11) is 0. The molecule has 13 nitrogen and oxygen atoms in total. The summed E-state index contributed by atoms with van der Waals surface area (Å²) in [5.41, 5.74) is 0.618. The Hall–Kier alpha value is -2.01. The number of ether oxygens (including phenoxy) is 12. The highest BCUT2D eigenvalue weighted by molar-refractivity contribution is 5.74. The first-order valence-corrected chi connectivity index (χ1v) is 15.5. The molecule has 0 N–H and O–H groups in total. The molecule has 0 bridgehead atoms. The Kier molecular flexibility index (Phi) is 31.8. The van der Waals surface area contributed by atoms with E-state index in [2.05, 4.69) is 6.58 Å². The lowest BCUT2D eigenvalue weighted by Gasteiger charge is -2.09.